The summed E-state index contributed by atoms with van der Waals surface area (Å²) in [5, 5.41) is 12.1. The highest BCUT2D eigenvalue weighted by Crippen LogP contribution is 2.23. The molecule has 0 bridgehead atoms. The number of carbonyl (C=O) groups is 1. The molecular weight excluding hydrogens is 356 g/mol. The molecule has 0 atom stereocenters. The van der Waals surface area contributed by atoms with Gasteiger partial charge in [0.1, 0.15) is 0 Å². The van der Waals surface area contributed by atoms with Gasteiger partial charge in [0.05, 0.1) is 5.75 Å². The summed E-state index contributed by atoms with van der Waals surface area (Å²) in [6.45, 7) is 6.35. The Morgan fingerprint density at radius 2 is 1.89 bits per heavy atom. The number of nitrogens with zero attached hydrogens (tertiary/aromatic N) is 3. The summed E-state index contributed by atoms with van der Waals surface area (Å²) < 4.78 is 1.92. The summed E-state index contributed by atoms with van der Waals surface area (Å²) >= 11 is 1.38. The van der Waals surface area contributed by atoms with E-state index in [-0.39, 0.29) is 11.7 Å². The van der Waals surface area contributed by atoms with Crippen LogP contribution in [0.3, 0.4) is 0 Å². The molecule has 0 spiro atoms. The first-order valence-corrected chi connectivity index (χ1v) is 9.91. The number of aromatic nitrogens is 3. The van der Waals surface area contributed by atoms with Crippen molar-refractivity contribution in [3.05, 3.63) is 59.7 Å². The third-order valence-corrected chi connectivity index (χ3v) is 5.32. The van der Waals surface area contributed by atoms with Gasteiger partial charge in [-0.25, -0.2) is 0 Å². The largest absolute Gasteiger partial charge is 0.325 e. The van der Waals surface area contributed by atoms with Crippen LogP contribution in [0.5, 0.6) is 0 Å². The molecule has 3 rings (SSSR count). The molecule has 1 aromatic heterocycles. The fraction of sp³-hybridized carbons (Fsp3) is 0.286. The monoisotopic (exact) mass is 380 g/mol. The Morgan fingerprint density at radius 1 is 1.15 bits per heavy atom. The van der Waals surface area contributed by atoms with Crippen LogP contribution in [0.25, 0.3) is 11.4 Å². The molecule has 0 fully saturated rings. The fourth-order valence-electron chi connectivity index (χ4n) is 2.75. The standard InChI is InChI=1S/C21H24N4OS/c1-14(2)16-8-10-18(11-9-16)22-19(26)13-27-21-24-23-20(25(21)4)17-7-5-6-15(3)12-17/h5-12,14H,13H2,1-4H3,(H,22,26). The summed E-state index contributed by atoms with van der Waals surface area (Å²) in [4.78, 5) is 12.2. The van der Waals surface area contributed by atoms with E-state index in [0.29, 0.717) is 5.92 Å². The van der Waals surface area contributed by atoms with Crippen molar-refractivity contribution in [3.8, 4) is 11.4 Å². The number of hydrogen-bond acceptors (Lipinski definition) is 4. The van der Waals surface area contributed by atoms with E-state index in [1.165, 1.54) is 22.9 Å². The second kappa shape index (κ2) is 8.39. The Morgan fingerprint density at radius 3 is 2.56 bits per heavy atom. The Hall–Kier alpha value is -2.60. The highest BCUT2D eigenvalue weighted by Gasteiger charge is 2.13. The SMILES string of the molecule is Cc1cccc(-c2nnc(SCC(=O)Nc3ccc(C(C)C)cc3)n2C)c1. The van der Waals surface area contributed by atoms with Crippen molar-refractivity contribution in [2.45, 2.75) is 31.8 Å². The first kappa shape index (κ1) is 19.2. The molecule has 5 nitrogen and oxygen atoms in total. The Kier molecular flexibility index (Phi) is 5.96. The van der Waals surface area contributed by atoms with Crippen LogP contribution >= 0.6 is 11.8 Å². The Balaban J connectivity index is 1.61. The number of thioether (sulfide) groups is 1. The van der Waals surface area contributed by atoms with E-state index < -0.39 is 0 Å². The number of anilines is 1. The predicted molar refractivity (Wildman–Crippen MR) is 111 cm³/mol. The lowest BCUT2D eigenvalue weighted by Crippen LogP contribution is -2.14. The second-order valence-corrected chi connectivity index (χ2v) is 7.79. The van der Waals surface area contributed by atoms with Crippen LogP contribution in [0.2, 0.25) is 0 Å². The number of aryl methyl sites for hydroxylation is 1. The van der Waals surface area contributed by atoms with Crippen LogP contribution in [-0.4, -0.2) is 26.4 Å². The number of hydrogen-bond donors (Lipinski definition) is 1. The van der Waals surface area contributed by atoms with Crippen LogP contribution in [0, 0.1) is 6.92 Å². The lowest BCUT2D eigenvalue weighted by atomic mass is 10.0. The lowest BCUT2D eigenvalue weighted by Gasteiger charge is -2.08. The quantitative estimate of drug-likeness (QED) is 0.633. The van der Waals surface area contributed by atoms with Crippen molar-refractivity contribution >= 4 is 23.4 Å². The highest BCUT2D eigenvalue weighted by atomic mass is 32.2. The zero-order valence-electron chi connectivity index (χ0n) is 16.1. The molecule has 0 saturated carbocycles. The molecule has 3 aromatic rings. The van der Waals surface area contributed by atoms with Gasteiger partial charge in [0.2, 0.25) is 5.91 Å². The Bertz CT molecular complexity index is 932. The van der Waals surface area contributed by atoms with Crippen LogP contribution < -0.4 is 5.32 Å². The van der Waals surface area contributed by atoms with Gasteiger partial charge in [-0.1, -0.05) is 61.5 Å². The maximum absolute atomic E-state index is 12.2. The molecule has 0 saturated heterocycles. The predicted octanol–water partition coefficient (Wildman–Crippen LogP) is 4.64. The summed E-state index contributed by atoms with van der Waals surface area (Å²) in [6.07, 6.45) is 0. The molecule has 0 unspecified atom stereocenters. The highest BCUT2D eigenvalue weighted by molar-refractivity contribution is 7.99. The molecule has 1 N–H and O–H groups in total. The molecule has 0 aliphatic rings. The molecule has 140 valence electrons. The smallest absolute Gasteiger partial charge is 0.234 e. The molecule has 27 heavy (non-hydrogen) atoms. The maximum atomic E-state index is 12.2. The third kappa shape index (κ3) is 4.77. The van der Waals surface area contributed by atoms with Crippen molar-refractivity contribution < 1.29 is 4.79 Å². The first-order chi connectivity index (χ1) is 12.9. The van der Waals surface area contributed by atoms with E-state index in [4.69, 9.17) is 0 Å². The summed E-state index contributed by atoms with van der Waals surface area (Å²) in [7, 11) is 1.92. The number of carbonyl (C=O) groups excluding carboxylic acids is 1. The second-order valence-electron chi connectivity index (χ2n) is 6.85. The summed E-state index contributed by atoms with van der Waals surface area (Å²) in [5.74, 6) is 1.50. The molecule has 2 aromatic carbocycles. The van der Waals surface area contributed by atoms with Crippen LogP contribution in [-0.2, 0) is 11.8 Å². The molecule has 0 radical (unpaired) electrons. The molecule has 1 heterocycles. The average molecular weight is 381 g/mol. The zero-order valence-corrected chi connectivity index (χ0v) is 16.9. The van der Waals surface area contributed by atoms with Gasteiger partial charge in [-0.15, -0.1) is 10.2 Å². The Labute approximate surface area is 164 Å². The minimum Gasteiger partial charge on any atom is -0.325 e. The molecular formula is C21H24N4OS. The van der Waals surface area contributed by atoms with Gasteiger partial charge < -0.3 is 9.88 Å². The van der Waals surface area contributed by atoms with Crippen molar-refractivity contribution in [3.63, 3.8) is 0 Å². The topological polar surface area (TPSA) is 59.8 Å². The average Bonchev–Trinajstić information content (AvgIpc) is 3.01. The molecule has 0 aliphatic heterocycles. The number of nitrogens with one attached hydrogen (secondary N) is 1. The van der Waals surface area contributed by atoms with Gasteiger partial charge >= 0.3 is 0 Å². The minimum absolute atomic E-state index is 0.0580. The van der Waals surface area contributed by atoms with Crippen LogP contribution in [0.4, 0.5) is 5.69 Å². The van der Waals surface area contributed by atoms with Crippen molar-refractivity contribution in [2.24, 2.45) is 7.05 Å². The fourth-order valence-corrected chi connectivity index (χ4v) is 3.47. The van der Waals surface area contributed by atoms with Gasteiger partial charge in [0, 0.05) is 18.3 Å². The summed E-state index contributed by atoms with van der Waals surface area (Å²) in [5.41, 5.74) is 4.26. The van der Waals surface area contributed by atoms with E-state index >= 15 is 0 Å². The van der Waals surface area contributed by atoms with E-state index in [1.54, 1.807) is 0 Å². The van der Waals surface area contributed by atoms with Gasteiger partial charge in [-0.2, -0.15) is 0 Å². The number of benzene rings is 2. The molecule has 1 amide bonds. The van der Waals surface area contributed by atoms with Crippen molar-refractivity contribution in [2.75, 3.05) is 11.1 Å². The van der Waals surface area contributed by atoms with Gasteiger partial charge in [-0.3, -0.25) is 4.79 Å². The van der Waals surface area contributed by atoms with E-state index in [2.05, 4.69) is 35.4 Å². The van der Waals surface area contributed by atoms with E-state index in [1.807, 2.05) is 61.0 Å². The van der Waals surface area contributed by atoms with Gasteiger partial charge in [0.25, 0.3) is 0 Å². The molecule has 6 heteroatoms. The van der Waals surface area contributed by atoms with E-state index in [9.17, 15) is 4.79 Å². The summed E-state index contributed by atoms with van der Waals surface area (Å²) in [6, 6.07) is 16.1. The zero-order chi connectivity index (χ0) is 19.4. The molecule has 0 aliphatic carbocycles. The van der Waals surface area contributed by atoms with Gasteiger partial charge in [0.15, 0.2) is 11.0 Å². The van der Waals surface area contributed by atoms with Gasteiger partial charge in [-0.05, 0) is 36.6 Å². The van der Waals surface area contributed by atoms with Crippen LogP contribution in [0.15, 0.2) is 53.7 Å². The number of amides is 1. The minimum atomic E-state index is -0.0580. The lowest BCUT2D eigenvalue weighted by molar-refractivity contribution is -0.113. The normalized spacial score (nSPS) is 11.0. The first-order valence-electron chi connectivity index (χ1n) is 8.93. The van der Waals surface area contributed by atoms with E-state index in [0.717, 1.165) is 22.2 Å². The van der Waals surface area contributed by atoms with Crippen molar-refractivity contribution in [1.82, 2.24) is 14.8 Å². The van der Waals surface area contributed by atoms with Crippen LogP contribution in [0.1, 0.15) is 30.9 Å². The third-order valence-electron chi connectivity index (χ3n) is 4.30. The van der Waals surface area contributed by atoms with Crippen molar-refractivity contribution in [1.29, 1.82) is 0 Å². The number of rotatable bonds is 6. The maximum Gasteiger partial charge on any atom is 0.234 e.